The molecule has 0 saturated heterocycles. The molecule has 1 amide bonds. The molecule has 3 aromatic rings. The van der Waals surface area contributed by atoms with Crippen LogP contribution < -0.4 is 10.9 Å². The lowest BCUT2D eigenvalue weighted by molar-refractivity contribution is 0.102. The first-order chi connectivity index (χ1) is 12.0. The molecule has 126 valence electrons. The Kier molecular flexibility index (Phi) is 4.26. The number of pyridine rings is 1. The third kappa shape index (κ3) is 2.97. The number of hydrogen-bond acceptors (Lipinski definition) is 4. The molecule has 3 rings (SSSR count). The van der Waals surface area contributed by atoms with Crippen LogP contribution in [0.2, 0.25) is 0 Å². The lowest BCUT2D eigenvalue weighted by atomic mass is 10.1. The zero-order chi connectivity index (χ0) is 18.0. The molecule has 6 nitrogen and oxygen atoms in total. The first kappa shape index (κ1) is 16.3. The molecule has 0 aliphatic carbocycles. The molecule has 2 aromatic carbocycles. The normalized spacial score (nSPS) is 10.6. The van der Waals surface area contributed by atoms with Gasteiger partial charge in [-0.1, -0.05) is 24.3 Å². The van der Waals surface area contributed by atoms with E-state index < -0.39 is 11.5 Å². The summed E-state index contributed by atoms with van der Waals surface area (Å²) in [5, 5.41) is 22.9. The Bertz CT molecular complexity index is 1040. The number of anilines is 1. The van der Waals surface area contributed by atoms with Gasteiger partial charge in [-0.3, -0.25) is 9.59 Å². The predicted octanol–water partition coefficient (Wildman–Crippen LogP) is 2.85. The van der Waals surface area contributed by atoms with Gasteiger partial charge in [0.1, 0.15) is 17.1 Å². The molecule has 0 radical (unpaired) electrons. The van der Waals surface area contributed by atoms with Gasteiger partial charge in [0.2, 0.25) is 0 Å². The maximum atomic E-state index is 12.7. The summed E-state index contributed by atoms with van der Waals surface area (Å²) >= 11 is 0. The first-order valence-corrected chi connectivity index (χ1v) is 7.58. The summed E-state index contributed by atoms with van der Waals surface area (Å²) in [7, 11) is 0. The van der Waals surface area contributed by atoms with Crippen molar-refractivity contribution in [2.75, 3.05) is 5.32 Å². The minimum atomic E-state index is -0.753. The van der Waals surface area contributed by atoms with Gasteiger partial charge in [-0.05, 0) is 24.3 Å². The molecule has 0 atom stereocenters. The van der Waals surface area contributed by atoms with Crippen LogP contribution in [0.15, 0.2) is 66.0 Å². The van der Waals surface area contributed by atoms with Gasteiger partial charge in [0, 0.05) is 23.7 Å². The average Bonchev–Trinajstić information content (AvgIpc) is 2.59. The van der Waals surface area contributed by atoms with Crippen LogP contribution in [0.1, 0.15) is 10.4 Å². The van der Waals surface area contributed by atoms with Crippen LogP contribution in [0.4, 0.5) is 5.69 Å². The molecule has 0 fully saturated rings. The van der Waals surface area contributed by atoms with E-state index in [2.05, 4.69) is 11.9 Å². The number of aromatic hydroxyl groups is 2. The zero-order valence-corrected chi connectivity index (χ0v) is 13.3. The molecule has 6 heteroatoms. The van der Waals surface area contributed by atoms with E-state index in [4.69, 9.17) is 0 Å². The topological polar surface area (TPSA) is 91.6 Å². The number of amides is 1. The number of nitrogens with zero attached hydrogens (tertiary/aromatic N) is 1. The molecule has 0 bridgehead atoms. The monoisotopic (exact) mass is 336 g/mol. The molecule has 25 heavy (non-hydrogen) atoms. The number of carbonyl (C=O) groups is 1. The van der Waals surface area contributed by atoms with Gasteiger partial charge in [-0.2, -0.15) is 0 Å². The van der Waals surface area contributed by atoms with E-state index >= 15 is 0 Å². The van der Waals surface area contributed by atoms with Gasteiger partial charge >= 0.3 is 0 Å². The Balaban J connectivity index is 2.16. The van der Waals surface area contributed by atoms with E-state index in [1.54, 1.807) is 42.5 Å². The lowest BCUT2D eigenvalue weighted by Gasteiger charge is -2.14. The minimum Gasteiger partial charge on any atom is -0.508 e. The summed E-state index contributed by atoms with van der Waals surface area (Å²) in [6, 6.07) is 12.7. The Morgan fingerprint density at radius 2 is 1.92 bits per heavy atom. The van der Waals surface area contributed by atoms with E-state index in [1.807, 2.05) is 0 Å². The first-order valence-electron chi connectivity index (χ1n) is 7.58. The van der Waals surface area contributed by atoms with Crippen molar-refractivity contribution >= 4 is 22.5 Å². The van der Waals surface area contributed by atoms with Crippen molar-refractivity contribution in [2.45, 2.75) is 6.54 Å². The number of phenolic OH excluding ortho intramolecular Hbond substituents is 1. The van der Waals surface area contributed by atoms with Crippen molar-refractivity contribution in [3.05, 3.63) is 77.1 Å². The zero-order valence-electron chi connectivity index (χ0n) is 13.3. The Hall–Kier alpha value is -3.54. The second-order valence-electron chi connectivity index (χ2n) is 5.45. The van der Waals surface area contributed by atoms with Crippen LogP contribution >= 0.6 is 0 Å². The van der Waals surface area contributed by atoms with Gasteiger partial charge in [-0.15, -0.1) is 6.58 Å². The van der Waals surface area contributed by atoms with Crippen molar-refractivity contribution in [2.24, 2.45) is 0 Å². The third-order valence-electron chi connectivity index (χ3n) is 3.79. The van der Waals surface area contributed by atoms with Crippen LogP contribution in [0.25, 0.3) is 10.9 Å². The molecule has 0 unspecified atom stereocenters. The van der Waals surface area contributed by atoms with Gasteiger partial charge in [0.05, 0.1) is 5.52 Å². The average molecular weight is 336 g/mol. The number of fused-ring (bicyclic) bond motifs is 1. The summed E-state index contributed by atoms with van der Waals surface area (Å²) in [6.07, 6.45) is 1.54. The summed E-state index contributed by atoms with van der Waals surface area (Å²) in [6.45, 7) is 3.83. The molecule has 1 heterocycles. The number of para-hydroxylation sites is 1. The van der Waals surface area contributed by atoms with Crippen LogP contribution in [-0.2, 0) is 6.54 Å². The third-order valence-corrected chi connectivity index (χ3v) is 3.79. The number of allylic oxidation sites excluding steroid dienone is 1. The second-order valence-corrected chi connectivity index (χ2v) is 5.45. The minimum absolute atomic E-state index is 0.0235. The molecular weight excluding hydrogens is 320 g/mol. The highest BCUT2D eigenvalue weighted by Gasteiger charge is 2.22. The van der Waals surface area contributed by atoms with Gasteiger partial charge in [-0.25, -0.2) is 0 Å². The molecular formula is C19H16N2O4. The molecule has 3 N–H and O–H groups in total. The van der Waals surface area contributed by atoms with Gasteiger partial charge < -0.3 is 20.1 Å². The summed E-state index contributed by atoms with van der Waals surface area (Å²) in [5.41, 5.74) is -0.149. The second kappa shape index (κ2) is 6.52. The highest BCUT2D eigenvalue weighted by Crippen LogP contribution is 2.27. The number of rotatable bonds is 4. The maximum Gasteiger partial charge on any atom is 0.268 e. The number of phenols is 1. The predicted molar refractivity (Wildman–Crippen MR) is 96.1 cm³/mol. The number of hydrogen-bond donors (Lipinski definition) is 3. The van der Waals surface area contributed by atoms with Gasteiger partial charge in [0.25, 0.3) is 11.5 Å². The van der Waals surface area contributed by atoms with Crippen molar-refractivity contribution in [3.8, 4) is 11.5 Å². The van der Waals surface area contributed by atoms with E-state index in [-0.39, 0.29) is 23.6 Å². The van der Waals surface area contributed by atoms with Crippen LogP contribution in [0.5, 0.6) is 11.5 Å². The molecule has 0 aliphatic rings. The quantitative estimate of drug-likeness (QED) is 0.639. The summed E-state index contributed by atoms with van der Waals surface area (Å²) < 4.78 is 1.37. The summed E-state index contributed by atoms with van der Waals surface area (Å²) in [5.74, 6) is -1.15. The Labute approximate surface area is 143 Å². The number of aromatic nitrogens is 1. The Morgan fingerprint density at radius 1 is 1.16 bits per heavy atom. The molecule has 0 spiro atoms. The van der Waals surface area contributed by atoms with Crippen molar-refractivity contribution < 1.29 is 15.0 Å². The van der Waals surface area contributed by atoms with Crippen molar-refractivity contribution in [1.82, 2.24) is 4.57 Å². The highest BCUT2D eigenvalue weighted by atomic mass is 16.3. The van der Waals surface area contributed by atoms with Gasteiger partial charge in [0.15, 0.2) is 0 Å². The van der Waals surface area contributed by atoms with E-state index in [9.17, 15) is 19.8 Å². The standard InChI is InChI=1S/C19H16N2O4/c1-2-10-21-15-9-4-3-8-14(15)17(23)16(19(21)25)18(24)20-12-6-5-7-13(22)11-12/h2-9,11,22-23H,1,10H2,(H,20,24). The van der Waals surface area contributed by atoms with Crippen LogP contribution in [-0.4, -0.2) is 20.7 Å². The van der Waals surface area contributed by atoms with Crippen molar-refractivity contribution in [1.29, 1.82) is 0 Å². The number of benzene rings is 2. The van der Waals surface area contributed by atoms with Crippen molar-refractivity contribution in [3.63, 3.8) is 0 Å². The lowest BCUT2D eigenvalue weighted by Crippen LogP contribution is -2.29. The fourth-order valence-electron chi connectivity index (χ4n) is 2.68. The molecule has 1 aromatic heterocycles. The highest BCUT2D eigenvalue weighted by molar-refractivity contribution is 6.09. The Morgan fingerprint density at radius 3 is 2.64 bits per heavy atom. The molecule has 0 aliphatic heterocycles. The van der Waals surface area contributed by atoms with E-state index in [0.717, 1.165) is 0 Å². The number of nitrogens with one attached hydrogen (secondary N) is 1. The number of carbonyl (C=O) groups excluding carboxylic acids is 1. The van der Waals surface area contributed by atoms with E-state index in [1.165, 1.54) is 16.7 Å². The maximum absolute atomic E-state index is 12.7. The fraction of sp³-hybridized carbons (Fsp3) is 0.0526. The fourth-order valence-corrected chi connectivity index (χ4v) is 2.68. The van der Waals surface area contributed by atoms with E-state index in [0.29, 0.717) is 16.6 Å². The largest absolute Gasteiger partial charge is 0.508 e. The van der Waals surface area contributed by atoms with Crippen LogP contribution in [0, 0.1) is 0 Å². The van der Waals surface area contributed by atoms with Crippen LogP contribution in [0.3, 0.4) is 0 Å². The molecule has 0 saturated carbocycles. The summed E-state index contributed by atoms with van der Waals surface area (Å²) in [4.78, 5) is 25.3. The SMILES string of the molecule is C=CCn1c(=O)c(C(=O)Nc2cccc(O)c2)c(O)c2ccccc21. The smallest absolute Gasteiger partial charge is 0.268 e.